The zero-order chi connectivity index (χ0) is 23.4. The number of carbonyl (C=O) groups is 3. The molecule has 2 aliphatic rings. The van der Waals surface area contributed by atoms with Gasteiger partial charge in [-0.05, 0) is 55.3 Å². The molecule has 0 unspecified atom stereocenters. The summed E-state index contributed by atoms with van der Waals surface area (Å²) >= 11 is 0. The van der Waals surface area contributed by atoms with E-state index in [0.29, 0.717) is 35.7 Å². The van der Waals surface area contributed by atoms with Gasteiger partial charge in [-0.15, -0.1) is 0 Å². The summed E-state index contributed by atoms with van der Waals surface area (Å²) in [6.45, 7) is 2.16. The van der Waals surface area contributed by atoms with Gasteiger partial charge in [0.05, 0.1) is 13.0 Å². The third-order valence-electron chi connectivity index (χ3n) is 5.82. The fourth-order valence-electron chi connectivity index (χ4n) is 4.07. The van der Waals surface area contributed by atoms with Crippen molar-refractivity contribution in [2.45, 2.75) is 25.4 Å². The average molecular weight is 450 g/mol. The van der Waals surface area contributed by atoms with E-state index in [9.17, 15) is 14.4 Å². The number of ether oxygens (including phenoxy) is 1. The Labute approximate surface area is 192 Å². The van der Waals surface area contributed by atoms with Crippen LogP contribution in [0.3, 0.4) is 0 Å². The van der Waals surface area contributed by atoms with E-state index >= 15 is 0 Å². The van der Waals surface area contributed by atoms with E-state index in [-0.39, 0.29) is 30.0 Å². The fourth-order valence-corrected chi connectivity index (χ4v) is 4.07. The monoisotopic (exact) mass is 449 g/mol. The predicted octanol–water partition coefficient (Wildman–Crippen LogP) is 1.97. The second kappa shape index (κ2) is 9.83. The molecule has 0 aliphatic carbocycles. The topological polar surface area (TPSA) is 129 Å². The highest BCUT2D eigenvalue weighted by Gasteiger charge is 2.32. The number of likely N-dealkylation sites (tertiary alicyclic amines) is 1. The minimum atomic E-state index is -0.909. The van der Waals surface area contributed by atoms with Crippen LogP contribution in [0.15, 0.2) is 48.5 Å². The molecule has 0 radical (unpaired) electrons. The number of amidine groups is 1. The van der Waals surface area contributed by atoms with Crippen LogP contribution in [0, 0.1) is 5.41 Å². The number of rotatable bonds is 6. The van der Waals surface area contributed by atoms with Gasteiger partial charge in [0.1, 0.15) is 11.9 Å². The van der Waals surface area contributed by atoms with E-state index < -0.39 is 6.10 Å². The van der Waals surface area contributed by atoms with Crippen molar-refractivity contribution in [3.8, 4) is 0 Å². The zero-order valence-electron chi connectivity index (χ0n) is 18.3. The number of nitrogens with zero attached hydrogens (tertiary/aromatic N) is 2. The maximum atomic E-state index is 13.1. The van der Waals surface area contributed by atoms with Crippen molar-refractivity contribution in [3.05, 3.63) is 59.7 Å². The summed E-state index contributed by atoms with van der Waals surface area (Å²) in [6, 6.07) is 13.6. The van der Waals surface area contributed by atoms with Gasteiger partial charge in [-0.3, -0.25) is 19.8 Å². The Morgan fingerprint density at radius 3 is 2.48 bits per heavy atom. The smallest absolute Gasteiger partial charge is 0.256 e. The molecule has 2 saturated heterocycles. The number of amides is 3. The quantitative estimate of drug-likeness (QED) is 0.459. The largest absolute Gasteiger partial charge is 0.384 e. The van der Waals surface area contributed by atoms with E-state index in [1.165, 1.54) is 0 Å². The van der Waals surface area contributed by atoms with E-state index in [2.05, 4.69) is 5.32 Å². The molecule has 0 aromatic heterocycles. The van der Waals surface area contributed by atoms with E-state index in [1.54, 1.807) is 53.4 Å². The lowest BCUT2D eigenvalue weighted by atomic mass is 10.1. The zero-order valence-corrected chi connectivity index (χ0v) is 18.3. The molecule has 2 fully saturated rings. The highest BCUT2D eigenvalue weighted by atomic mass is 16.5. The molecular formula is C24H27N5O4. The van der Waals surface area contributed by atoms with Crippen LogP contribution >= 0.6 is 0 Å². The van der Waals surface area contributed by atoms with Gasteiger partial charge in [0.25, 0.3) is 11.8 Å². The van der Waals surface area contributed by atoms with Crippen LogP contribution in [0.1, 0.15) is 35.2 Å². The lowest BCUT2D eigenvalue weighted by Crippen LogP contribution is -2.49. The van der Waals surface area contributed by atoms with Crippen molar-refractivity contribution in [1.82, 2.24) is 4.90 Å². The molecule has 3 amide bonds. The number of nitrogen functional groups attached to an aromatic ring is 1. The first kappa shape index (κ1) is 22.5. The van der Waals surface area contributed by atoms with Crippen molar-refractivity contribution >= 4 is 34.9 Å². The van der Waals surface area contributed by atoms with Gasteiger partial charge >= 0.3 is 0 Å². The predicted molar refractivity (Wildman–Crippen MR) is 124 cm³/mol. The maximum Gasteiger partial charge on any atom is 0.256 e. The normalized spacial score (nSPS) is 18.3. The van der Waals surface area contributed by atoms with Gasteiger partial charge in [-0.1, -0.05) is 6.07 Å². The summed E-state index contributed by atoms with van der Waals surface area (Å²) in [5.74, 6) is -0.750. The van der Waals surface area contributed by atoms with Gasteiger partial charge in [0.2, 0.25) is 5.91 Å². The Hall–Kier alpha value is -3.72. The van der Waals surface area contributed by atoms with Crippen molar-refractivity contribution in [2.24, 2.45) is 5.73 Å². The number of hydrogen-bond acceptors (Lipinski definition) is 5. The summed E-state index contributed by atoms with van der Waals surface area (Å²) < 4.78 is 5.59. The van der Waals surface area contributed by atoms with Crippen molar-refractivity contribution in [3.63, 3.8) is 0 Å². The molecule has 172 valence electrons. The van der Waals surface area contributed by atoms with Crippen LogP contribution < -0.4 is 16.0 Å². The number of nitrogens with two attached hydrogens (primary N) is 1. The second-order valence-corrected chi connectivity index (χ2v) is 8.14. The Bertz CT molecular complexity index is 1060. The summed E-state index contributed by atoms with van der Waals surface area (Å²) in [4.78, 5) is 41.7. The first-order valence-corrected chi connectivity index (χ1v) is 11.0. The molecule has 0 spiro atoms. The van der Waals surface area contributed by atoms with Crippen molar-refractivity contribution in [2.75, 3.05) is 36.5 Å². The van der Waals surface area contributed by atoms with Gasteiger partial charge in [0, 0.05) is 42.1 Å². The highest BCUT2D eigenvalue weighted by molar-refractivity contribution is 6.03. The van der Waals surface area contributed by atoms with Gasteiger partial charge in [-0.2, -0.15) is 0 Å². The molecule has 0 bridgehead atoms. The second-order valence-electron chi connectivity index (χ2n) is 8.14. The minimum Gasteiger partial charge on any atom is -0.384 e. The van der Waals surface area contributed by atoms with Crippen molar-refractivity contribution in [1.29, 1.82) is 5.41 Å². The van der Waals surface area contributed by atoms with Crippen molar-refractivity contribution < 1.29 is 19.1 Å². The number of nitrogens with one attached hydrogen (secondary N) is 2. The van der Waals surface area contributed by atoms with Crippen LogP contribution in [0.5, 0.6) is 0 Å². The lowest BCUT2D eigenvalue weighted by molar-refractivity contribution is -0.137. The first-order chi connectivity index (χ1) is 15.9. The fraction of sp³-hybridized carbons (Fsp3) is 0.333. The molecule has 1 atom stereocenters. The molecular weight excluding hydrogens is 422 g/mol. The van der Waals surface area contributed by atoms with Crippen LogP contribution in [0.4, 0.5) is 11.4 Å². The Morgan fingerprint density at radius 2 is 1.79 bits per heavy atom. The Balaban J connectivity index is 1.40. The number of hydrogen-bond donors (Lipinski definition) is 3. The summed E-state index contributed by atoms with van der Waals surface area (Å²) in [6.07, 6.45) is 0.986. The molecule has 2 heterocycles. The average Bonchev–Trinajstić information content (AvgIpc) is 3.35. The third kappa shape index (κ3) is 5.20. The molecule has 9 heteroatoms. The Morgan fingerprint density at radius 1 is 1.06 bits per heavy atom. The van der Waals surface area contributed by atoms with Crippen LogP contribution in [-0.4, -0.2) is 60.8 Å². The highest BCUT2D eigenvalue weighted by Crippen LogP contribution is 2.23. The van der Waals surface area contributed by atoms with E-state index in [0.717, 1.165) is 25.9 Å². The first-order valence-electron chi connectivity index (χ1n) is 11.0. The maximum absolute atomic E-state index is 13.1. The van der Waals surface area contributed by atoms with Gasteiger partial charge in [0.15, 0.2) is 0 Å². The number of carbonyl (C=O) groups excluding carboxylic acids is 3. The molecule has 9 nitrogen and oxygen atoms in total. The third-order valence-corrected chi connectivity index (χ3v) is 5.82. The summed E-state index contributed by atoms with van der Waals surface area (Å²) in [5.41, 5.74) is 7.71. The van der Waals surface area contributed by atoms with Crippen LogP contribution in [-0.2, 0) is 14.3 Å². The number of anilines is 2. The lowest BCUT2D eigenvalue weighted by Gasteiger charge is -2.32. The molecule has 33 heavy (non-hydrogen) atoms. The van der Waals surface area contributed by atoms with E-state index in [4.69, 9.17) is 15.9 Å². The summed E-state index contributed by atoms with van der Waals surface area (Å²) in [5, 5.41) is 10.2. The molecule has 4 N–H and O–H groups in total. The summed E-state index contributed by atoms with van der Waals surface area (Å²) in [7, 11) is 0. The molecule has 0 saturated carbocycles. The van der Waals surface area contributed by atoms with Gasteiger partial charge in [-0.25, -0.2) is 0 Å². The Kier molecular flexibility index (Phi) is 6.69. The van der Waals surface area contributed by atoms with Gasteiger partial charge < -0.3 is 25.6 Å². The minimum absolute atomic E-state index is 0.0261. The molecule has 2 aromatic rings. The van der Waals surface area contributed by atoms with Crippen LogP contribution in [0.25, 0.3) is 0 Å². The molecule has 4 rings (SSSR count). The molecule has 2 aromatic carbocycles. The van der Waals surface area contributed by atoms with E-state index in [1.807, 2.05) is 4.90 Å². The number of morpholine rings is 1. The standard InChI is InChI=1S/C24H27N5O4/c25-22(26)16-6-8-18(9-7-16)27-21(30)15-20-24(32)29(12-13-33-20)19-5-3-4-17(14-19)23(31)28-10-1-2-11-28/h3-9,14,20H,1-2,10-13,15H2,(H3,25,26)(H,27,30)/t20-/m1/s1. The molecule has 2 aliphatic heterocycles. The number of benzene rings is 2. The van der Waals surface area contributed by atoms with Crippen LogP contribution in [0.2, 0.25) is 0 Å². The SMILES string of the molecule is N=C(N)c1ccc(NC(=O)C[C@H]2OCCN(c3cccc(C(=O)N4CCCC4)c3)C2=O)cc1.